The first-order chi connectivity index (χ1) is 15.1. The van der Waals surface area contributed by atoms with Gasteiger partial charge in [-0.05, 0) is 62.2 Å². The first-order valence-corrected chi connectivity index (χ1v) is 10.4. The minimum absolute atomic E-state index is 0.0829. The predicted molar refractivity (Wildman–Crippen MR) is 117 cm³/mol. The van der Waals surface area contributed by atoms with E-state index in [1.807, 2.05) is 49.4 Å². The molecule has 1 aliphatic heterocycles. The van der Waals surface area contributed by atoms with Crippen molar-refractivity contribution in [2.45, 2.75) is 19.8 Å². The van der Waals surface area contributed by atoms with Gasteiger partial charge in [0.15, 0.2) is 0 Å². The summed E-state index contributed by atoms with van der Waals surface area (Å²) < 4.78 is 5.43. The molecule has 8 nitrogen and oxygen atoms in total. The van der Waals surface area contributed by atoms with Gasteiger partial charge in [0.1, 0.15) is 17.1 Å². The van der Waals surface area contributed by atoms with Crippen molar-refractivity contribution in [2.24, 2.45) is 5.92 Å². The molecule has 1 atom stereocenters. The summed E-state index contributed by atoms with van der Waals surface area (Å²) >= 11 is 0. The number of ether oxygens (including phenoxy) is 1. The van der Waals surface area contributed by atoms with Crippen molar-refractivity contribution in [2.75, 3.05) is 25.0 Å². The Morgan fingerprint density at radius 1 is 1.19 bits per heavy atom. The van der Waals surface area contributed by atoms with E-state index < -0.39 is 0 Å². The summed E-state index contributed by atoms with van der Waals surface area (Å²) in [4.78, 5) is 31.7. The fourth-order valence-corrected chi connectivity index (χ4v) is 3.67. The van der Waals surface area contributed by atoms with E-state index in [2.05, 4.69) is 20.5 Å². The third-order valence-electron chi connectivity index (χ3n) is 5.25. The molecule has 1 aliphatic rings. The fraction of sp³-hybridized carbons (Fsp3) is 0.304. The van der Waals surface area contributed by atoms with E-state index in [0.717, 1.165) is 18.6 Å². The highest BCUT2D eigenvalue weighted by Crippen LogP contribution is 2.22. The van der Waals surface area contributed by atoms with Gasteiger partial charge in [0.25, 0.3) is 5.91 Å². The Morgan fingerprint density at radius 3 is 2.77 bits per heavy atom. The third kappa shape index (κ3) is 4.91. The molecular weight excluding hydrogens is 394 g/mol. The zero-order valence-corrected chi connectivity index (χ0v) is 17.4. The number of nitrogens with zero attached hydrogens (tertiary/aromatic N) is 3. The molecule has 0 spiro atoms. The number of carbonyl (C=O) groups excluding carboxylic acids is 2. The van der Waals surface area contributed by atoms with Crippen molar-refractivity contribution in [3.8, 4) is 17.1 Å². The smallest absolute Gasteiger partial charge is 0.271 e. The number of nitrogens with one attached hydrogen (secondary N) is 2. The lowest BCUT2D eigenvalue weighted by Crippen LogP contribution is -2.43. The average molecular weight is 419 g/mol. The normalized spacial score (nSPS) is 16.0. The highest BCUT2D eigenvalue weighted by Gasteiger charge is 2.30. The third-order valence-corrected chi connectivity index (χ3v) is 5.25. The van der Waals surface area contributed by atoms with Gasteiger partial charge < -0.3 is 15.0 Å². The number of H-pyrrole nitrogens is 1. The number of benzene rings is 1. The number of anilines is 1. The zero-order valence-electron chi connectivity index (χ0n) is 17.4. The van der Waals surface area contributed by atoms with Gasteiger partial charge in [-0.2, -0.15) is 5.10 Å². The summed E-state index contributed by atoms with van der Waals surface area (Å²) in [5.74, 6) is 0.260. The molecule has 0 radical (unpaired) electrons. The summed E-state index contributed by atoms with van der Waals surface area (Å²) in [5.41, 5.74) is 2.42. The average Bonchev–Trinajstić information content (AvgIpc) is 3.31. The molecule has 160 valence electrons. The van der Waals surface area contributed by atoms with Crippen LogP contribution < -0.4 is 10.1 Å². The van der Waals surface area contributed by atoms with E-state index in [1.165, 1.54) is 0 Å². The molecule has 0 aliphatic carbocycles. The van der Waals surface area contributed by atoms with Gasteiger partial charge in [-0.1, -0.05) is 6.07 Å². The minimum atomic E-state index is -0.262. The van der Waals surface area contributed by atoms with Crippen LogP contribution in [0.3, 0.4) is 0 Å². The van der Waals surface area contributed by atoms with Gasteiger partial charge in [0.2, 0.25) is 5.91 Å². The van der Waals surface area contributed by atoms with Crippen LogP contribution in [0.5, 0.6) is 5.75 Å². The summed E-state index contributed by atoms with van der Waals surface area (Å²) in [5, 5.41) is 9.96. The summed E-state index contributed by atoms with van der Waals surface area (Å²) in [6.45, 7) is 3.51. The highest BCUT2D eigenvalue weighted by molar-refractivity contribution is 5.95. The van der Waals surface area contributed by atoms with Crippen LogP contribution in [0.25, 0.3) is 11.4 Å². The number of carbonyl (C=O) groups is 2. The Kier molecular flexibility index (Phi) is 6.26. The molecule has 2 amide bonds. The molecule has 2 N–H and O–H groups in total. The predicted octanol–water partition coefficient (Wildman–Crippen LogP) is 3.36. The molecule has 0 saturated carbocycles. The molecular formula is C23H25N5O3. The van der Waals surface area contributed by atoms with Crippen molar-refractivity contribution in [3.63, 3.8) is 0 Å². The Labute approximate surface area is 180 Å². The number of hydrogen-bond acceptors (Lipinski definition) is 5. The van der Waals surface area contributed by atoms with Crippen LogP contribution >= 0.6 is 0 Å². The molecule has 0 bridgehead atoms. The van der Waals surface area contributed by atoms with Gasteiger partial charge >= 0.3 is 0 Å². The number of pyridine rings is 1. The minimum Gasteiger partial charge on any atom is -0.494 e. The highest BCUT2D eigenvalue weighted by atomic mass is 16.5. The molecule has 8 heteroatoms. The second kappa shape index (κ2) is 9.42. The van der Waals surface area contributed by atoms with E-state index >= 15 is 0 Å². The molecule has 2 aromatic heterocycles. The van der Waals surface area contributed by atoms with Crippen LogP contribution in [0.4, 0.5) is 5.69 Å². The number of hydrogen-bond donors (Lipinski definition) is 2. The lowest BCUT2D eigenvalue weighted by Gasteiger charge is -2.31. The number of piperidine rings is 1. The van der Waals surface area contributed by atoms with Gasteiger partial charge in [-0.15, -0.1) is 0 Å². The second-order valence-electron chi connectivity index (χ2n) is 7.42. The number of aromatic nitrogens is 3. The van der Waals surface area contributed by atoms with Gasteiger partial charge in [-0.3, -0.25) is 19.7 Å². The first kappa shape index (κ1) is 20.6. The first-order valence-electron chi connectivity index (χ1n) is 10.4. The second-order valence-corrected chi connectivity index (χ2v) is 7.42. The number of aromatic amines is 1. The quantitative estimate of drug-likeness (QED) is 0.638. The molecule has 0 unspecified atom stereocenters. The molecule has 4 rings (SSSR count). The maximum Gasteiger partial charge on any atom is 0.271 e. The van der Waals surface area contributed by atoms with E-state index in [9.17, 15) is 9.59 Å². The van der Waals surface area contributed by atoms with Crippen LogP contribution in [-0.4, -0.2) is 51.6 Å². The molecule has 1 saturated heterocycles. The molecule has 1 aromatic carbocycles. The molecule has 31 heavy (non-hydrogen) atoms. The van der Waals surface area contributed by atoms with Crippen molar-refractivity contribution < 1.29 is 14.3 Å². The van der Waals surface area contributed by atoms with Crippen LogP contribution in [0.1, 0.15) is 30.3 Å². The monoisotopic (exact) mass is 419 g/mol. The lowest BCUT2D eigenvalue weighted by molar-refractivity contribution is -0.121. The molecule has 3 aromatic rings. The lowest BCUT2D eigenvalue weighted by atomic mass is 9.96. The molecule has 1 fully saturated rings. The maximum absolute atomic E-state index is 13.0. The standard InChI is InChI=1S/C23H25N5O3/c1-2-31-18-10-8-17(9-11-18)25-22(29)16-6-5-13-28(15-16)23(30)21-14-20(26-27-21)19-7-3-4-12-24-19/h3-4,7-12,14,16H,2,5-6,13,15H2,1H3,(H,25,29)(H,26,27)/t16-/m1/s1. The van der Waals surface area contributed by atoms with Crippen molar-refractivity contribution in [1.82, 2.24) is 20.1 Å². The van der Waals surface area contributed by atoms with Crippen molar-refractivity contribution >= 4 is 17.5 Å². The maximum atomic E-state index is 13.0. The Balaban J connectivity index is 1.38. The Morgan fingerprint density at radius 2 is 2.03 bits per heavy atom. The van der Waals surface area contributed by atoms with Crippen molar-refractivity contribution in [3.05, 3.63) is 60.4 Å². The number of rotatable bonds is 6. The van der Waals surface area contributed by atoms with Crippen LogP contribution in [0.2, 0.25) is 0 Å². The largest absolute Gasteiger partial charge is 0.494 e. The van der Waals surface area contributed by atoms with Crippen LogP contribution in [0.15, 0.2) is 54.7 Å². The van der Waals surface area contributed by atoms with E-state index in [-0.39, 0.29) is 17.7 Å². The Bertz CT molecular complexity index is 1030. The summed E-state index contributed by atoms with van der Waals surface area (Å²) in [7, 11) is 0. The topological polar surface area (TPSA) is 100 Å². The number of likely N-dealkylation sites (tertiary alicyclic amines) is 1. The van der Waals surface area contributed by atoms with E-state index in [1.54, 1.807) is 17.2 Å². The zero-order chi connectivity index (χ0) is 21.6. The fourth-order valence-electron chi connectivity index (χ4n) is 3.67. The van der Waals surface area contributed by atoms with Gasteiger partial charge in [0.05, 0.1) is 18.2 Å². The molecule has 3 heterocycles. The van der Waals surface area contributed by atoms with Crippen LogP contribution in [0, 0.1) is 5.92 Å². The SMILES string of the molecule is CCOc1ccc(NC(=O)[C@@H]2CCCN(C(=O)c3cc(-c4ccccn4)n[nH]3)C2)cc1. The van der Waals surface area contributed by atoms with E-state index in [4.69, 9.17) is 4.74 Å². The number of amides is 2. The van der Waals surface area contributed by atoms with Crippen LogP contribution in [-0.2, 0) is 4.79 Å². The van der Waals surface area contributed by atoms with Crippen molar-refractivity contribution in [1.29, 1.82) is 0 Å². The summed E-state index contributed by atoms with van der Waals surface area (Å²) in [6, 6.07) is 14.5. The summed E-state index contributed by atoms with van der Waals surface area (Å²) in [6.07, 6.45) is 3.20. The van der Waals surface area contributed by atoms with Gasteiger partial charge in [0, 0.05) is 25.0 Å². The Hall–Kier alpha value is -3.68. The van der Waals surface area contributed by atoms with Gasteiger partial charge in [-0.25, -0.2) is 0 Å². The van der Waals surface area contributed by atoms with E-state index in [0.29, 0.717) is 42.5 Å².